The monoisotopic (exact) mass is 431 g/mol. The maximum atomic E-state index is 11.3. The summed E-state index contributed by atoms with van der Waals surface area (Å²) in [4.78, 5) is 0. The Bertz CT molecular complexity index is 719. The minimum Gasteiger partial charge on any atom is -0.393 e. The first-order chi connectivity index (χ1) is 14.7. The van der Waals surface area contributed by atoms with E-state index in [1.807, 2.05) is 0 Å². The summed E-state index contributed by atoms with van der Waals surface area (Å²) < 4.78 is 13.3. The zero-order valence-electron chi connectivity index (χ0n) is 20.2. The molecule has 2 heterocycles. The molecule has 6 rings (SSSR count). The lowest BCUT2D eigenvalue weighted by molar-refractivity contribution is -0.273. The van der Waals surface area contributed by atoms with Gasteiger partial charge in [-0.2, -0.15) is 0 Å². The lowest BCUT2D eigenvalue weighted by Crippen LogP contribution is -2.59. The molecular formula is C27H45NO3. The predicted octanol–water partition coefficient (Wildman–Crippen LogP) is 4.73. The van der Waals surface area contributed by atoms with Crippen LogP contribution in [0.2, 0.25) is 0 Å². The smallest absolute Gasteiger partial charge is 0.171 e. The van der Waals surface area contributed by atoms with Gasteiger partial charge in [0.25, 0.3) is 0 Å². The first-order valence-corrected chi connectivity index (χ1v) is 13.4. The SMILES string of the molecule is C[C@@H]1CC[C@@]2(OC1)O[C@H]1C[C@H]3[C@@H]4C[C@H](O)[C@H]5C[C@@H](N)CC[C@]5(C)[C@H]4CC[C@]3(C)[C@H]1[C@@H]2C. The normalized spacial score (nSPS) is 63.3. The number of hydrogen-bond acceptors (Lipinski definition) is 4. The summed E-state index contributed by atoms with van der Waals surface area (Å²) in [6, 6.07) is 0.285. The molecule has 13 atom stereocenters. The van der Waals surface area contributed by atoms with E-state index in [-0.39, 0.29) is 23.3 Å². The minimum atomic E-state index is -0.324. The van der Waals surface area contributed by atoms with Gasteiger partial charge < -0.3 is 20.3 Å². The van der Waals surface area contributed by atoms with Gasteiger partial charge in [0.15, 0.2) is 5.79 Å². The van der Waals surface area contributed by atoms with Crippen molar-refractivity contribution in [1.29, 1.82) is 0 Å². The third-order valence-electron chi connectivity index (χ3n) is 12.0. The van der Waals surface area contributed by atoms with E-state index < -0.39 is 0 Å². The molecule has 4 nitrogen and oxygen atoms in total. The minimum absolute atomic E-state index is 0.173. The molecule has 4 saturated carbocycles. The van der Waals surface area contributed by atoms with Gasteiger partial charge in [-0.05, 0) is 97.7 Å². The Morgan fingerprint density at radius 1 is 0.871 bits per heavy atom. The van der Waals surface area contributed by atoms with Crippen LogP contribution in [0.15, 0.2) is 0 Å². The Morgan fingerprint density at radius 3 is 2.39 bits per heavy atom. The number of nitrogens with two attached hydrogens (primary N) is 1. The first kappa shape index (κ1) is 21.4. The number of ether oxygens (including phenoxy) is 2. The van der Waals surface area contributed by atoms with Crippen LogP contribution >= 0.6 is 0 Å². The zero-order valence-corrected chi connectivity index (χ0v) is 20.2. The van der Waals surface area contributed by atoms with Crippen molar-refractivity contribution >= 4 is 0 Å². The molecule has 31 heavy (non-hydrogen) atoms. The van der Waals surface area contributed by atoms with E-state index in [0.29, 0.717) is 47.0 Å². The quantitative estimate of drug-likeness (QED) is 0.582. The summed E-state index contributed by atoms with van der Waals surface area (Å²) in [6.45, 7) is 10.7. The molecule has 0 unspecified atom stereocenters. The van der Waals surface area contributed by atoms with Crippen molar-refractivity contribution in [3.05, 3.63) is 0 Å². The molecular weight excluding hydrogens is 386 g/mol. The summed E-state index contributed by atoms with van der Waals surface area (Å²) in [7, 11) is 0. The third-order valence-corrected chi connectivity index (χ3v) is 12.0. The summed E-state index contributed by atoms with van der Waals surface area (Å²) in [5.74, 6) is 3.90. The zero-order chi connectivity index (χ0) is 21.8. The van der Waals surface area contributed by atoms with Gasteiger partial charge in [0.1, 0.15) is 0 Å². The van der Waals surface area contributed by atoms with Gasteiger partial charge in [-0.15, -0.1) is 0 Å². The number of aliphatic hydroxyl groups is 1. The standard InChI is InChI=1S/C27H45NO3/c1-15-5-10-27(30-14-15)16(2)24-23(31-27)13-20-18-12-22(29)21-11-17(28)6-8-25(21,3)19(18)7-9-26(20,24)4/h15-24,29H,5-14,28H2,1-4H3/t15-,16+,17+,18-,19+,20+,21-,22+,23+,24+,25-,26+,27-/m1/s1. The van der Waals surface area contributed by atoms with Crippen molar-refractivity contribution in [2.45, 2.75) is 110 Å². The molecule has 2 aliphatic heterocycles. The average Bonchev–Trinajstić information content (AvgIpc) is 3.17. The van der Waals surface area contributed by atoms with E-state index in [2.05, 4.69) is 27.7 Å². The Kier molecular flexibility index (Phi) is 4.78. The molecule has 0 radical (unpaired) electrons. The number of aliphatic hydroxyl groups excluding tert-OH is 1. The van der Waals surface area contributed by atoms with Crippen LogP contribution in [0.3, 0.4) is 0 Å². The largest absolute Gasteiger partial charge is 0.393 e. The highest BCUT2D eigenvalue weighted by atomic mass is 16.7. The van der Waals surface area contributed by atoms with Crippen LogP contribution in [0.1, 0.15) is 85.5 Å². The van der Waals surface area contributed by atoms with Crippen molar-refractivity contribution in [3.63, 3.8) is 0 Å². The van der Waals surface area contributed by atoms with E-state index in [1.54, 1.807) is 0 Å². The maximum absolute atomic E-state index is 11.3. The molecule has 176 valence electrons. The molecule has 0 bridgehead atoms. The van der Waals surface area contributed by atoms with Crippen LogP contribution in [0.25, 0.3) is 0 Å². The molecule has 6 aliphatic rings. The van der Waals surface area contributed by atoms with Gasteiger partial charge in [0, 0.05) is 18.4 Å². The molecule has 6 fully saturated rings. The second-order valence-electron chi connectivity index (χ2n) is 13.3. The Balaban J connectivity index is 1.28. The Hall–Kier alpha value is -0.160. The molecule has 0 aromatic carbocycles. The second-order valence-corrected chi connectivity index (χ2v) is 13.3. The van der Waals surface area contributed by atoms with Crippen LogP contribution < -0.4 is 5.73 Å². The fourth-order valence-electron chi connectivity index (χ4n) is 10.3. The fourth-order valence-corrected chi connectivity index (χ4v) is 10.3. The van der Waals surface area contributed by atoms with Crippen molar-refractivity contribution in [1.82, 2.24) is 0 Å². The van der Waals surface area contributed by atoms with Crippen molar-refractivity contribution in [3.8, 4) is 0 Å². The first-order valence-electron chi connectivity index (χ1n) is 13.4. The van der Waals surface area contributed by atoms with Gasteiger partial charge >= 0.3 is 0 Å². The lowest BCUT2D eigenvalue weighted by atomic mass is 9.43. The molecule has 0 aromatic rings. The lowest BCUT2D eigenvalue weighted by Gasteiger charge is -2.62. The summed E-state index contributed by atoms with van der Waals surface area (Å²) in [5, 5.41) is 11.3. The van der Waals surface area contributed by atoms with Crippen LogP contribution in [-0.2, 0) is 9.47 Å². The molecule has 2 saturated heterocycles. The van der Waals surface area contributed by atoms with Gasteiger partial charge in [0.05, 0.1) is 18.8 Å². The molecule has 0 aromatic heterocycles. The highest BCUT2D eigenvalue weighted by Gasteiger charge is 2.69. The number of fused-ring (bicyclic) bond motifs is 7. The topological polar surface area (TPSA) is 64.7 Å². The van der Waals surface area contributed by atoms with Crippen LogP contribution in [-0.4, -0.2) is 35.8 Å². The van der Waals surface area contributed by atoms with E-state index in [1.165, 1.54) is 32.1 Å². The highest BCUT2D eigenvalue weighted by Crippen LogP contribution is 2.71. The Morgan fingerprint density at radius 2 is 1.65 bits per heavy atom. The van der Waals surface area contributed by atoms with Crippen molar-refractivity contribution in [2.75, 3.05) is 6.61 Å². The molecule has 1 spiro atoms. The van der Waals surface area contributed by atoms with E-state index >= 15 is 0 Å². The predicted molar refractivity (Wildman–Crippen MR) is 121 cm³/mol. The van der Waals surface area contributed by atoms with Crippen molar-refractivity contribution < 1.29 is 14.6 Å². The molecule has 3 N–H and O–H groups in total. The molecule has 0 amide bonds. The second kappa shape index (κ2) is 6.93. The van der Waals surface area contributed by atoms with Crippen LogP contribution in [0.5, 0.6) is 0 Å². The third kappa shape index (κ3) is 2.80. The summed E-state index contributed by atoms with van der Waals surface area (Å²) >= 11 is 0. The van der Waals surface area contributed by atoms with Crippen molar-refractivity contribution in [2.24, 2.45) is 58.0 Å². The van der Waals surface area contributed by atoms with E-state index in [0.717, 1.165) is 38.2 Å². The van der Waals surface area contributed by atoms with Gasteiger partial charge in [-0.1, -0.05) is 27.7 Å². The van der Waals surface area contributed by atoms with Gasteiger partial charge in [-0.3, -0.25) is 0 Å². The molecule has 4 aliphatic carbocycles. The average molecular weight is 432 g/mol. The van der Waals surface area contributed by atoms with E-state index in [4.69, 9.17) is 15.2 Å². The molecule has 4 heteroatoms. The Labute approximate surface area is 189 Å². The van der Waals surface area contributed by atoms with Crippen LogP contribution in [0, 0.1) is 52.3 Å². The maximum Gasteiger partial charge on any atom is 0.171 e. The summed E-state index contributed by atoms with van der Waals surface area (Å²) in [5.41, 5.74) is 6.95. The van der Waals surface area contributed by atoms with Gasteiger partial charge in [0.2, 0.25) is 0 Å². The van der Waals surface area contributed by atoms with E-state index in [9.17, 15) is 5.11 Å². The fraction of sp³-hybridized carbons (Fsp3) is 1.00. The summed E-state index contributed by atoms with van der Waals surface area (Å²) in [6.07, 6.45) is 10.6. The number of hydrogen-bond donors (Lipinski definition) is 2. The number of rotatable bonds is 0. The van der Waals surface area contributed by atoms with Crippen LogP contribution in [0.4, 0.5) is 0 Å². The van der Waals surface area contributed by atoms with Gasteiger partial charge in [-0.25, -0.2) is 0 Å². The highest BCUT2D eigenvalue weighted by molar-refractivity contribution is 5.16.